The second-order valence-electron chi connectivity index (χ2n) is 6.58. The molecule has 5 heteroatoms. The zero-order valence-electron chi connectivity index (χ0n) is 15.8. The third kappa shape index (κ3) is 7.03. The molecule has 3 aromatic rings. The highest BCUT2D eigenvalue weighted by molar-refractivity contribution is 6.35. The average molecular weight is 437 g/mol. The van der Waals surface area contributed by atoms with Gasteiger partial charge in [0.25, 0.3) is 0 Å². The van der Waals surface area contributed by atoms with Crippen molar-refractivity contribution in [3.63, 3.8) is 0 Å². The molecule has 0 aliphatic rings. The standard InChI is InChI=1S/C23H23Cl2NO.ClH/c1-17-2-4-19(5-3-17)16-27-22-10-6-18(7-11-22)15-26-13-12-20-8-9-21(24)14-23(20)25;/h2-11,14,26H,12-13,15-16H2,1H3;1H. The first kappa shape index (κ1) is 22.6. The summed E-state index contributed by atoms with van der Waals surface area (Å²) >= 11 is 12.1. The topological polar surface area (TPSA) is 21.3 Å². The highest BCUT2D eigenvalue weighted by Gasteiger charge is 2.02. The van der Waals surface area contributed by atoms with Gasteiger partial charge in [-0.25, -0.2) is 0 Å². The quantitative estimate of drug-likeness (QED) is 0.400. The molecule has 2 nitrogen and oxygen atoms in total. The van der Waals surface area contributed by atoms with Crippen molar-refractivity contribution in [2.45, 2.75) is 26.5 Å². The van der Waals surface area contributed by atoms with Crippen LogP contribution in [0.1, 0.15) is 22.3 Å². The molecule has 0 aliphatic heterocycles. The van der Waals surface area contributed by atoms with Crippen LogP contribution in [0.3, 0.4) is 0 Å². The highest BCUT2D eigenvalue weighted by Crippen LogP contribution is 2.21. The molecule has 148 valence electrons. The van der Waals surface area contributed by atoms with E-state index in [9.17, 15) is 0 Å². The summed E-state index contributed by atoms with van der Waals surface area (Å²) in [6.07, 6.45) is 0.869. The Morgan fingerprint density at radius 2 is 1.54 bits per heavy atom. The first-order chi connectivity index (χ1) is 13.1. The molecule has 0 bridgehead atoms. The molecular weight excluding hydrogens is 413 g/mol. The van der Waals surface area contributed by atoms with Crippen LogP contribution in [0.15, 0.2) is 66.7 Å². The minimum atomic E-state index is 0. The van der Waals surface area contributed by atoms with Gasteiger partial charge < -0.3 is 10.1 Å². The van der Waals surface area contributed by atoms with Gasteiger partial charge in [0, 0.05) is 16.6 Å². The number of ether oxygens (including phenoxy) is 1. The molecule has 0 heterocycles. The fourth-order valence-corrected chi connectivity index (χ4v) is 3.24. The Hall–Kier alpha value is -1.71. The van der Waals surface area contributed by atoms with Crippen molar-refractivity contribution in [3.8, 4) is 5.75 Å². The lowest BCUT2D eigenvalue weighted by atomic mass is 10.1. The average Bonchev–Trinajstić information content (AvgIpc) is 2.67. The van der Waals surface area contributed by atoms with Crippen molar-refractivity contribution in [2.24, 2.45) is 0 Å². The summed E-state index contributed by atoms with van der Waals surface area (Å²) < 4.78 is 5.85. The molecule has 3 rings (SSSR count). The van der Waals surface area contributed by atoms with Crippen LogP contribution >= 0.6 is 35.6 Å². The highest BCUT2D eigenvalue weighted by atomic mass is 35.5. The van der Waals surface area contributed by atoms with Crippen LogP contribution in [0, 0.1) is 6.92 Å². The molecule has 0 spiro atoms. The predicted octanol–water partition coefficient (Wildman–Crippen LogP) is 6.63. The van der Waals surface area contributed by atoms with E-state index in [-0.39, 0.29) is 12.4 Å². The fraction of sp³-hybridized carbons (Fsp3) is 0.217. The monoisotopic (exact) mass is 435 g/mol. The lowest BCUT2D eigenvalue weighted by Gasteiger charge is -2.09. The van der Waals surface area contributed by atoms with Crippen LogP contribution in [0.5, 0.6) is 5.75 Å². The van der Waals surface area contributed by atoms with Crippen molar-refractivity contribution in [1.82, 2.24) is 5.32 Å². The van der Waals surface area contributed by atoms with Gasteiger partial charge in [0.2, 0.25) is 0 Å². The van der Waals surface area contributed by atoms with Crippen molar-refractivity contribution in [1.29, 1.82) is 0 Å². The van der Waals surface area contributed by atoms with Crippen LogP contribution in [0.25, 0.3) is 0 Å². The molecule has 0 radical (unpaired) electrons. The van der Waals surface area contributed by atoms with E-state index in [2.05, 4.69) is 48.6 Å². The Morgan fingerprint density at radius 3 is 2.21 bits per heavy atom. The van der Waals surface area contributed by atoms with Crippen LogP contribution in [-0.2, 0) is 19.6 Å². The van der Waals surface area contributed by atoms with E-state index in [1.165, 1.54) is 16.7 Å². The van der Waals surface area contributed by atoms with Crippen LogP contribution in [-0.4, -0.2) is 6.54 Å². The van der Waals surface area contributed by atoms with Gasteiger partial charge in [-0.2, -0.15) is 0 Å². The van der Waals surface area contributed by atoms with Crippen molar-refractivity contribution < 1.29 is 4.74 Å². The van der Waals surface area contributed by atoms with Gasteiger partial charge in [0.15, 0.2) is 0 Å². The van der Waals surface area contributed by atoms with E-state index in [1.54, 1.807) is 6.07 Å². The van der Waals surface area contributed by atoms with Crippen molar-refractivity contribution in [3.05, 3.63) is 99.0 Å². The van der Waals surface area contributed by atoms with Gasteiger partial charge in [-0.1, -0.05) is 71.2 Å². The molecule has 3 aromatic carbocycles. The smallest absolute Gasteiger partial charge is 0.119 e. The molecule has 0 atom stereocenters. The molecule has 0 saturated heterocycles. The summed E-state index contributed by atoms with van der Waals surface area (Å²) in [7, 11) is 0. The van der Waals surface area contributed by atoms with Gasteiger partial charge in [-0.3, -0.25) is 0 Å². The molecule has 0 aromatic heterocycles. The number of nitrogens with one attached hydrogen (secondary N) is 1. The summed E-state index contributed by atoms with van der Waals surface area (Å²) in [4.78, 5) is 0. The number of hydrogen-bond donors (Lipinski definition) is 1. The number of halogens is 3. The number of benzene rings is 3. The maximum atomic E-state index is 6.20. The maximum absolute atomic E-state index is 6.20. The second-order valence-corrected chi connectivity index (χ2v) is 7.42. The molecule has 0 unspecified atom stereocenters. The van der Waals surface area contributed by atoms with E-state index >= 15 is 0 Å². The van der Waals surface area contributed by atoms with Crippen LogP contribution in [0.2, 0.25) is 10.0 Å². The van der Waals surface area contributed by atoms with Crippen LogP contribution < -0.4 is 10.1 Å². The summed E-state index contributed by atoms with van der Waals surface area (Å²) in [5.41, 5.74) is 4.76. The Balaban J connectivity index is 0.00000280. The number of aryl methyl sites for hydroxylation is 1. The van der Waals surface area contributed by atoms with E-state index in [0.717, 1.165) is 35.8 Å². The molecule has 28 heavy (non-hydrogen) atoms. The summed E-state index contributed by atoms with van der Waals surface area (Å²) in [6.45, 7) is 4.33. The third-order valence-corrected chi connectivity index (χ3v) is 4.95. The maximum Gasteiger partial charge on any atom is 0.119 e. The number of hydrogen-bond acceptors (Lipinski definition) is 2. The Labute approximate surface area is 183 Å². The molecule has 0 amide bonds. The molecule has 1 N–H and O–H groups in total. The summed E-state index contributed by atoms with van der Waals surface area (Å²) in [5, 5.41) is 4.83. The second kappa shape index (κ2) is 11.3. The van der Waals surface area contributed by atoms with E-state index in [0.29, 0.717) is 11.6 Å². The zero-order valence-corrected chi connectivity index (χ0v) is 18.1. The number of rotatable bonds is 8. The largest absolute Gasteiger partial charge is 0.489 e. The molecule has 0 saturated carbocycles. The molecule has 0 fully saturated rings. The van der Waals surface area contributed by atoms with E-state index in [4.69, 9.17) is 27.9 Å². The normalized spacial score (nSPS) is 10.4. The first-order valence-electron chi connectivity index (χ1n) is 9.02. The predicted molar refractivity (Wildman–Crippen MR) is 121 cm³/mol. The van der Waals surface area contributed by atoms with Gasteiger partial charge in [0.1, 0.15) is 12.4 Å². The third-order valence-electron chi connectivity index (χ3n) is 4.36. The van der Waals surface area contributed by atoms with Crippen LogP contribution in [0.4, 0.5) is 0 Å². The van der Waals surface area contributed by atoms with Gasteiger partial charge in [-0.05, 0) is 60.8 Å². The summed E-state index contributed by atoms with van der Waals surface area (Å²) in [5.74, 6) is 0.882. The Bertz CT molecular complexity index is 864. The van der Waals surface area contributed by atoms with Gasteiger partial charge in [0.05, 0.1) is 0 Å². The SMILES string of the molecule is Cc1ccc(COc2ccc(CNCCc3ccc(Cl)cc3Cl)cc2)cc1.Cl. The zero-order chi connectivity index (χ0) is 19.1. The van der Waals surface area contributed by atoms with Gasteiger partial charge in [-0.15, -0.1) is 12.4 Å². The van der Waals surface area contributed by atoms with E-state index in [1.807, 2.05) is 24.3 Å². The van der Waals surface area contributed by atoms with Gasteiger partial charge >= 0.3 is 0 Å². The first-order valence-corrected chi connectivity index (χ1v) is 9.78. The fourth-order valence-electron chi connectivity index (χ4n) is 2.73. The van der Waals surface area contributed by atoms with Crippen molar-refractivity contribution in [2.75, 3.05) is 6.54 Å². The summed E-state index contributed by atoms with van der Waals surface area (Å²) in [6, 6.07) is 22.2. The Morgan fingerprint density at radius 1 is 0.857 bits per heavy atom. The molecular formula is C23H24Cl3NO. The lowest BCUT2D eigenvalue weighted by Crippen LogP contribution is -2.16. The minimum Gasteiger partial charge on any atom is -0.489 e. The Kier molecular flexibility index (Phi) is 9.14. The minimum absolute atomic E-state index is 0. The van der Waals surface area contributed by atoms with E-state index < -0.39 is 0 Å². The molecule has 0 aliphatic carbocycles. The lowest BCUT2D eigenvalue weighted by molar-refractivity contribution is 0.306. The van der Waals surface area contributed by atoms with Crippen molar-refractivity contribution >= 4 is 35.6 Å².